The van der Waals surface area contributed by atoms with Crippen LogP contribution in [-0.2, 0) is 17.4 Å². The van der Waals surface area contributed by atoms with Gasteiger partial charge in [0.2, 0.25) is 0 Å². The number of rotatable bonds is 3. The molecule has 1 aromatic heterocycles. The minimum Gasteiger partial charge on any atom is -0.479 e. The average molecular weight is 450 g/mol. The smallest absolute Gasteiger partial charge is 0.417 e. The summed E-state index contributed by atoms with van der Waals surface area (Å²) in [6, 6.07) is 10.7. The second-order valence-corrected chi connectivity index (χ2v) is 7.31. The molecule has 0 aliphatic carbocycles. The van der Waals surface area contributed by atoms with Crippen LogP contribution in [0.2, 0.25) is 5.02 Å². The third-order valence-corrected chi connectivity index (χ3v) is 5.53. The fourth-order valence-corrected chi connectivity index (χ4v) is 4.03. The lowest BCUT2D eigenvalue weighted by molar-refractivity contribution is -0.143. The first-order valence-electron chi connectivity index (χ1n) is 9.21. The molecule has 1 amide bonds. The summed E-state index contributed by atoms with van der Waals surface area (Å²) in [5.41, 5.74) is 0.00422. The molecule has 3 aromatic rings. The Bertz CT molecular complexity index is 1160. The lowest BCUT2D eigenvalue weighted by Gasteiger charge is -2.33. The van der Waals surface area contributed by atoms with E-state index in [0.29, 0.717) is 5.69 Å². The van der Waals surface area contributed by atoms with Gasteiger partial charge in [0.25, 0.3) is 5.91 Å². The predicted molar refractivity (Wildman–Crippen MR) is 105 cm³/mol. The molecule has 1 aliphatic rings. The van der Waals surface area contributed by atoms with E-state index in [-0.39, 0.29) is 18.7 Å². The summed E-state index contributed by atoms with van der Waals surface area (Å²) in [5, 5.41) is 9.07. The Morgan fingerprint density at radius 2 is 1.81 bits per heavy atom. The quantitative estimate of drug-likeness (QED) is 0.644. The van der Waals surface area contributed by atoms with Gasteiger partial charge in [-0.05, 0) is 24.3 Å². The number of carbonyl (C=O) groups is 2. The lowest BCUT2D eigenvalue weighted by atomic mass is 10.00. The number of halogens is 4. The van der Waals surface area contributed by atoms with Crippen LogP contribution in [0.15, 0.2) is 54.9 Å². The van der Waals surface area contributed by atoms with Gasteiger partial charge in [-0.25, -0.2) is 9.78 Å². The van der Waals surface area contributed by atoms with E-state index < -0.39 is 40.2 Å². The Kier molecular flexibility index (Phi) is 5.22. The lowest BCUT2D eigenvalue weighted by Crippen LogP contribution is -2.44. The minimum atomic E-state index is -4.75. The Hall–Kier alpha value is -3.33. The van der Waals surface area contributed by atoms with Crippen LogP contribution in [0, 0.1) is 0 Å². The minimum absolute atomic E-state index is 0.0199. The number of aromatic nitrogens is 2. The highest BCUT2D eigenvalue weighted by Crippen LogP contribution is 2.38. The van der Waals surface area contributed by atoms with Crippen molar-refractivity contribution in [3.63, 3.8) is 0 Å². The van der Waals surface area contributed by atoms with E-state index in [1.54, 1.807) is 4.57 Å². The van der Waals surface area contributed by atoms with Crippen molar-refractivity contribution in [3.8, 4) is 5.69 Å². The van der Waals surface area contributed by atoms with Crippen molar-refractivity contribution in [3.05, 3.63) is 82.4 Å². The number of hydrogen-bond acceptors (Lipinski definition) is 3. The molecule has 1 aliphatic heterocycles. The van der Waals surface area contributed by atoms with Crippen molar-refractivity contribution < 1.29 is 27.9 Å². The topological polar surface area (TPSA) is 75.4 Å². The molecule has 1 atom stereocenters. The van der Waals surface area contributed by atoms with E-state index in [4.69, 9.17) is 11.6 Å². The van der Waals surface area contributed by atoms with E-state index in [2.05, 4.69) is 4.98 Å². The molecule has 1 N–H and O–H groups in total. The van der Waals surface area contributed by atoms with Crippen LogP contribution in [0.1, 0.15) is 33.4 Å². The Labute approximate surface area is 179 Å². The fraction of sp³-hybridized carbons (Fsp3) is 0.190. The summed E-state index contributed by atoms with van der Waals surface area (Å²) in [6.45, 7) is -0.0199. The van der Waals surface area contributed by atoms with Gasteiger partial charge in [-0.15, -0.1) is 0 Å². The zero-order valence-electron chi connectivity index (χ0n) is 15.8. The fourth-order valence-electron chi connectivity index (χ4n) is 3.72. The molecule has 6 nitrogen and oxygen atoms in total. The van der Waals surface area contributed by atoms with Crippen molar-refractivity contribution >= 4 is 23.5 Å². The van der Waals surface area contributed by atoms with Crippen molar-refractivity contribution in [2.45, 2.75) is 18.6 Å². The third-order valence-electron chi connectivity index (χ3n) is 5.12. The normalized spacial score (nSPS) is 16.1. The first-order valence-corrected chi connectivity index (χ1v) is 9.59. The summed E-state index contributed by atoms with van der Waals surface area (Å²) in [6.07, 6.45) is -3.00. The molecular weight excluding hydrogens is 435 g/mol. The Balaban J connectivity index is 1.75. The number of benzene rings is 2. The van der Waals surface area contributed by atoms with E-state index in [1.807, 2.05) is 30.3 Å². The second-order valence-electron chi connectivity index (χ2n) is 6.94. The monoisotopic (exact) mass is 449 g/mol. The number of carboxylic acids is 1. The molecule has 4 rings (SSSR count). The van der Waals surface area contributed by atoms with Gasteiger partial charge < -0.3 is 14.6 Å². The molecule has 160 valence electrons. The molecule has 0 bridgehead atoms. The molecule has 0 saturated carbocycles. The van der Waals surface area contributed by atoms with Gasteiger partial charge in [0, 0.05) is 18.7 Å². The van der Waals surface area contributed by atoms with Crippen LogP contribution in [0.3, 0.4) is 0 Å². The van der Waals surface area contributed by atoms with Crippen LogP contribution < -0.4 is 0 Å². The molecule has 0 spiro atoms. The van der Waals surface area contributed by atoms with Crippen molar-refractivity contribution in [2.75, 3.05) is 6.54 Å². The van der Waals surface area contributed by atoms with E-state index in [0.717, 1.165) is 28.8 Å². The molecule has 1 unspecified atom stereocenters. The zero-order valence-corrected chi connectivity index (χ0v) is 16.6. The van der Waals surface area contributed by atoms with Gasteiger partial charge in [-0.1, -0.05) is 35.9 Å². The number of fused-ring (bicyclic) bond motifs is 1. The highest BCUT2D eigenvalue weighted by atomic mass is 35.5. The first kappa shape index (κ1) is 20.9. The summed E-state index contributed by atoms with van der Waals surface area (Å²) < 4.78 is 41.3. The molecule has 10 heteroatoms. The number of hydrogen-bond donors (Lipinski definition) is 1. The standard InChI is InChI=1S/C21H15ClF3N3O3/c22-16-13(7-4-8-14(16)21(23,24)25)19(29)27-10-9-15-17(18(27)20(30)31)26-11-28(15)12-5-2-1-3-6-12/h1-8,11,18H,9-10H2,(H,30,31). The van der Waals surface area contributed by atoms with E-state index >= 15 is 0 Å². The van der Waals surface area contributed by atoms with Crippen LogP contribution >= 0.6 is 11.6 Å². The van der Waals surface area contributed by atoms with Crippen LogP contribution in [0.5, 0.6) is 0 Å². The van der Waals surface area contributed by atoms with Gasteiger partial charge in [-0.3, -0.25) is 4.79 Å². The predicted octanol–water partition coefficient (Wildman–Crippen LogP) is 4.37. The molecular formula is C21H15ClF3N3O3. The number of amides is 1. The number of para-hydroxylation sites is 1. The van der Waals surface area contributed by atoms with Crippen molar-refractivity contribution in [1.29, 1.82) is 0 Å². The number of alkyl halides is 3. The molecule has 2 heterocycles. The van der Waals surface area contributed by atoms with Gasteiger partial charge in [0.1, 0.15) is 0 Å². The van der Waals surface area contributed by atoms with E-state index in [9.17, 15) is 27.9 Å². The number of nitrogens with zero attached hydrogens (tertiary/aromatic N) is 3. The highest BCUT2D eigenvalue weighted by Gasteiger charge is 2.41. The summed E-state index contributed by atoms with van der Waals surface area (Å²) in [4.78, 5) is 30.4. The second kappa shape index (κ2) is 7.73. The van der Waals surface area contributed by atoms with Gasteiger partial charge in [0.05, 0.1) is 33.9 Å². The van der Waals surface area contributed by atoms with Crippen LogP contribution in [-0.4, -0.2) is 38.0 Å². The SMILES string of the molecule is O=C(O)C1c2ncn(-c3ccccc3)c2CCN1C(=O)c1cccc(C(F)(F)F)c1Cl. The third kappa shape index (κ3) is 3.65. The summed E-state index contributed by atoms with van der Waals surface area (Å²) >= 11 is 5.88. The van der Waals surface area contributed by atoms with E-state index in [1.165, 1.54) is 6.33 Å². The van der Waals surface area contributed by atoms with Crippen LogP contribution in [0.4, 0.5) is 13.2 Å². The number of aliphatic carboxylic acids is 1. The molecule has 0 fully saturated rings. The van der Waals surface area contributed by atoms with Gasteiger partial charge >= 0.3 is 12.1 Å². The number of imidazole rings is 1. The molecule has 31 heavy (non-hydrogen) atoms. The average Bonchev–Trinajstić information content (AvgIpc) is 3.16. The highest BCUT2D eigenvalue weighted by molar-refractivity contribution is 6.34. The molecule has 2 aromatic carbocycles. The maximum absolute atomic E-state index is 13.2. The van der Waals surface area contributed by atoms with Gasteiger partial charge in [-0.2, -0.15) is 13.2 Å². The van der Waals surface area contributed by atoms with Crippen LogP contribution in [0.25, 0.3) is 5.69 Å². The van der Waals surface area contributed by atoms with Crippen molar-refractivity contribution in [2.24, 2.45) is 0 Å². The van der Waals surface area contributed by atoms with Crippen molar-refractivity contribution in [1.82, 2.24) is 14.5 Å². The zero-order chi connectivity index (χ0) is 22.3. The molecule has 0 saturated heterocycles. The Morgan fingerprint density at radius 1 is 1.10 bits per heavy atom. The maximum atomic E-state index is 13.2. The number of carboxylic acid groups (broad SMARTS) is 1. The first-order chi connectivity index (χ1) is 14.7. The maximum Gasteiger partial charge on any atom is 0.417 e. The Morgan fingerprint density at radius 3 is 2.45 bits per heavy atom. The largest absolute Gasteiger partial charge is 0.479 e. The summed E-state index contributed by atoms with van der Waals surface area (Å²) in [5.74, 6) is -2.24. The molecule has 0 radical (unpaired) electrons. The van der Waals surface area contributed by atoms with Gasteiger partial charge in [0.15, 0.2) is 6.04 Å². The number of carbonyl (C=O) groups excluding carboxylic acids is 1. The summed E-state index contributed by atoms with van der Waals surface area (Å²) in [7, 11) is 0.